The van der Waals surface area contributed by atoms with Crippen LogP contribution in [0.15, 0.2) is 30.3 Å². The molecule has 1 aromatic carbocycles. The van der Waals surface area contributed by atoms with E-state index in [1.165, 1.54) is 4.68 Å². The molecule has 2 aromatic rings. The van der Waals surface area contributed by atoms with E-state index >= 15 is 0 Å². The van der Waals surface area contributed by atoms with Crippen LogP contribution in [0, 0.1) is 0 Å². The van der Waals surface area contributed by atoms with Gasteiger partial charge < -0.3 is 4.74 Å². The fraction of sp³-hybridized carbons (Fsp3) is 0.417. The first-order valence-electron chi connectivity index (χ1n) is 6.23. The fourth-order valence-corrected chi connectivity index (χ4v) is 2.75. The summed E-state index contributed by atoms with van der Waals surface area (Å²) in [5.41, 5.74) is 0.729. The number of tetrazole rings is 1. The van der Waals surface area contributed by atoms with Crippen LogP contribution in [0.4, 0.5) is 0 Å². The van der Waals surface area contributed by atoms with Gasteiger partial charge in [0.1, 0.15) is 5.75 Å². The molecule has 0 fully saturated rings. The Bertz CT molecular complexity index is 640. The molecule has 8 heteroatoms. The smallest absolute Gasteiger partial charge is 0.171 e. The van der Waals surface area contributed by atoms with E-state index in [4.69, 9.17) is 4.74 Å². The highest BCUT2D eigenvalue weighted by atomic mass is 32.2. The van der Waals surface area contributed by atoms with Gasteiger partial charge in [-0.15, -0.1) is 5.10 Å². The summed E-state index contributed by atoms with van der Waals surface area (Å²) in [6, 6.07) is 9.17. The third-order valence-corrected chi connectivity index (χ3v) is 4.11. The molecule has 0 amide bonds. The minimum Gasteiger partial charge on any atom is -0.381 e. The van der Waals surface area contributed by atoms with Gasteiger partial charge in [0.25, 0.3) is 0 Å². The molecule has 0 atom stereocenters. The van der Waals surface area contributed by atoms with E-state index in [9.17, 15) is 8.42 Å². The molecule has 0 bridgehead atoms. The highest BCUT2D eigenvalue weighted by Gasteiger charge is 2.18. The molecule has 0 aliphatic heterocycles. The molecule has 2 rings (SSSR count). The number of hydrogen-bond donors (Lipinski definition) is 0. The quantitative estimate of drug-likeness (QED) is 0.696. The molecule has 1 aromatic heterocycles. The van der Waals surface area contributed by atoms with E-state index < -0.39 is 9.84 Å². The monoisotopic (exact) mass is 296 g/mol. The number of sulfone groups is 1. The highest BCUT2D eigenvalue weighted by molar-refractivity contribution is 7.90. The summed E-state index contributed by atoms with van der Waals surface area (Å²) >= 11 is 0. The van der Waals surface area contributed by atoms with Crippen molar-refractivity contribution in [2.24, 2.45) is 0 Å². The normalized spacial score (nSPS) is 11.7. The third kappa shape index (κ3) is 3.84. The van der Waals surface area contributed by atoms with Gasteiger partial charge in [-0.1, -0.05) is 18.2 Å². The van der Waals surface area contributed by atoms with Crippen molar-refractivity contribution in [3.8, 4) is 5.69 Å². The van der Waals surface area contributed by atoms with Gasteiger partial charge >= 0.3 is 0 Å². The second-order valence-electron chi connectivity index (χ2n) is 4.13. The van der Waals surface area contributed by atoms with Crippen molar-refractivity contribution >= 4 is 9.84 Å². The Morgan fingerprint density at radius 1 is 1.25 bits per heavy atom. The predicted octanol–water partition coefficient (Wildman–Crippen LogP) is 0.614. The van der Waals surface area contributed by atoms with Crippen molar-refractivity contribution in [1.82, 2.24) is 20.2 Å². The number of rotatable bonds is 7. The van der Waals surface area contributed by atoms with E-state index in [1.54, 1.807) is 0 Å². The topological polar surface area (TPSA) is 87.0 Å². The van der Waals surface area contributed by atoms with Gasteiger partial charge in [0.15, 0.2) is 15.7 Å². The number of nitrogens with zero attached hydrogens (tertiary/aromatic N) is 4. The van der Waals surface area contributed by atoms with Gasteiger partial charge in [0, 0.05) is 6.61 Å². The van der Waals surface area contributed by atoms with Crippen LogP contribution in [0.2, 0.25) is 0 Å². The first-order chi connectivity index (χ1) is 9.62. The molecule has 0 spiro atoms. The maximum atomic E-state index is 12.0. The van der Waals surface area contributed by atoms with Crippen molar-refractivity contribution in [3.05, 3.63) is 36.2 Å². The van der Waals surface area contributed by atoms with Crippen LogP contribution in [0.25, 0.3) is 5.69 Å². The number of aromatic nitrogens is 4. The summed E-state index contributed by atoms with van der Waals surface area (Å²) in [6.07, 6.45) is 0. The average Bonchev–Trinajstić information content (AvgIpc) is 2.87. The van der Waals surface area contributed by atoms with Crippen LogP contribution >= 0.6 is 0 Å². The Morgan fingerprint density at radius 2 is 2.00 bits per heavy atom. The Hall–Kier alpha value is -1.80. The zero-order valence-electron chi connectivity index (χ0n) is 11.1. The lowest BCUT2D eigenvalue weighted by Gasteiger charge is -2.05. The molecule has 0 radical (unpaired) electrons. The van der Waals surface area contributed by atoms with Gasteiger partial charge in [0.2, 0.25) is 0 Å². The summed E-state index contributed by atoms with van der Waals surface area (Å²) < 4.78 is 30.4. The molecule has 0 N–H and O–H groups in total. The molecule has 20 heavy (non-hydrogen) atoms. The van der Waals surface area contributed by atoms with Crippen molar-refractivity contribution in [3.63, 3.8) is 0 Å². The molecule has 0 aliphatic rings. The number of benzene rings is 1. The zero-order valence-corrected chi connectivity index (χ0v) is 12.0. The number of para-hydroxylation sites is 1. The predicted molar refractivity (Wildman–Crippen MR) is 73.1 cm³/mol. The first kappa shape index (κ1) is 14.6. The van der Waals surface area contributed by atoms with Crippen LogP contribution in [-0.2, 0) is 20.3 Å². The van der Waals surface area contributed by atoms with Gasteiger partial charge in [0.05, 0.1) is 18.0 Å². The molecule has 0 saturated heterocycles. The van der Waals surface area contributed by atoms with Crippen molar-refractivity contribution in [2.45, 2.75) is 12.7 Å². The molecule has 1 heterocycles. The second-order valence-corrected chi connectivity index (χ2v) is 6.32. The van der Waals surface area contributed by atoms with Crippen molar-refractivity contribution in [1.29, 1.82) is 0 Å². The van der Waals surface area contributed by atoms with E-state index in [2.05, 4.69) is 15.5 Å². The molecular formula is C12H16N4O3S. The minimum atomic E-state index is -3.30. The zero-order chi connectivity index (χ0) is 14.4. The van der Waals surface area contributed by atoms with Crippen molar-refractivity contribution < 1.29 is 13.2 Å². The third-order valence-electron chi connectivity index (χ3n) is 2.63. The average molecular weight is 296 g/mol. The molecule has 108 valence electrons. The standard InChI is InChI=1S/C12H16N4O3S/c1-2-19-8-9-20(17,18)10-12-13-14-15-16(12)11-6-4-3-5-7-11/h3-7H,2,8-10H2,1H3. The Labute approximate surface area is 117 Å². The summed E-state index contributed by atoms with van der Waals surface area (Å²) in [4.78, 5) is 0. The van der Waals surface area contributed by atoms with Crippen LogP contribution < -0.4 is 0 Å². The number of ether oxygens (including phenoxy) is 1. The fourth-order valence-electron chi connectivity index (χ4n) is 1.66. The van der Waals surface area contributed by atoms with Gasteiger partial charge in [-0.05, 0) is 29.5 Å². The highest BCUT2D eigenvalue weighted by Crippen LogP contribution is 2.10. The lowest BCUT2D eigenvalue weighted by molar-refractivity contribution is 0.163. The Kier molecular flexibility index (Phi) is 4.80. The summed E-state index contributed by atoms with van der Waals surface area (Å²) in [5.74, 6) is 0.0532. The largest absolute Gasteiger partial charge is 0.381 e. The van der Waals surface area contributed by atoms with E-state index in [0.717, 1.165) is 5.69 Å². The summed E-state index contributed by atoms with van der Waals surface area (Å²) in [7, 11) is -3.30. The minimum absolute atomic E-state index is 0.0392. The molecular weight excluding hydrogens is 280 g/mol. The maximum absolute atomic E-state index is 12.0. The van der Waals surface area contributed by atoms with Crippen molar-refractivity contribution in [2.75, 3.05) is 19.0 Å². The van der Waals surface area contributed by atoms with Gasteiger partial charge in [-0.3, -0.25) is 0 Å². The molecule has 7 nitrogen and oxygen atoms in total. The van der Waals surface area contributed by atoms with Gasteiger partial charge in [-0.25, -0.2) is 8.42 Å². The second kappa shape index (κ2) is 6.58. The lowest BCUT2D eigenvalue weighted by atomic mass is 10.3. The SMILES string of the molecule is CCOCCS(=O)(=O)Cc1nnnn1-c1ccccc1. The first-order valence-corrected chi connectivity index (χ1v) is 8.05. The lowest BCUT2D eigenvalue weighted by Crippen LogP contribution is -2.17. The van der Waals surface area contributed by atoms with Crippen LogP contribution in [0.5, 0.6) is 0 Å². The van der Waals surface area contributed by atoms with Crippen LogP contribution in [-0.4, -0.2) is 47.6 Å². The molecule has 0 saturated carbocycles. The number of hydrogen-bond acceptors (Lipinski definition) is 6. The summed E-state index contributed by atoms with van der Waals surface area (Å²) in [5, 5.41) is 11.2. The Balaban J connectivity index is 2.13. The van der Waals surface area contributed by atoms with Gasteiger partial charge in [-0.2, -0.15) is 4.68 Å². The molecule has 0 aliphatic carbocycles. The van der Waals surface area contributed by atoms with Crippen LogP contribution in [0.3, 0.4) is 0 Å². The van der Waals surface area contributed by atoms with E-state index in [1.807, 2.05) is 37.3 Å². The summed E-state index contributed by atoms with van der Waals surface area (Å²) in [6.45, 7) is 2.51. The molecule has 0 unspecified atom stereocenters. The van der Waals surface area contributed by atoms with E-state index in [-0.39, 0.29) is 18.1 Å². The maximum Gasteiger partial charge on any atom is 0.171 e. The van der Waals surface area contributed by atoms with Crippen LogP contribution in [0.1, 0.15) is 12.7 Å². The van der Waals surface area contributed by atoms with E-state index in [0.29, 0.717) is 12.4 Å². The Morgan fingerprint density at radius 3 is 2.70 bits per heavy atom.